The minimum atomic E-state index is -0.165. The van der Waals surface area contributed by atoms with Crippen molar-refractivity contribution in [3.8, 4) is 11.3 Å². The lowest BCUT2D eigenvalue weighted by Crippen LogP contribution is -2.24. The van der Waals surface area contributed by atoms with E-state index in [2.05, 4.69) is 16.1 Å². The molecule has 1 aliphatic rings. The molecule has 7 nitrogen and oxygen atoms in total. The number of carbonyl (C=O) groups is 1. The molecule has 31 heavy (non-hydrogen) atoms. The number of hydrogen-bond donors (Lipinski definition) is 1. The molecule has 5 rings (SSSR count). The van der Waals surface area contributed by atoms with Gasteiger partial charge in [-0.15, -0.1) is 0 Å². The Morgan fingerprint density at radius 3 is 2.68 bits per heavy atom. The van der Waals surface area contributed by atoms with Crippen LogP contribution in [0.2, 0.25) is 0 Å². The highest BCUT2D eigenvalue weighted by Crippen LogP contribution is 2.29. The molecule has 1 amide bonds. The number of amides is 1. The third-order valence-corrected chi connectivity index (χ3v) is 5.93. The number of aromatic nitrogens is 4. The monoisotopic (exact) mass is 413 g/mol. The van der Waals surface area contributed by atoms with E-state index in [4.69, 9.17) is 4.98 Å². The number of rotatable bonds is 4. The Kier molecular flexibility index (Phi) is 4.66. The molecule has 0 unspecified atom stereocenters. The molecule has 1 N–H and O–H groups in total. The summed E-state index contributed by atoms with van der Waals surface area (Å²) in [4.78, 5) is 36.1. The lowest BCUT2D eigenvalue weighted by molar-refractivity contribution is -0.128. The van der Waals surface area contributed by atoms with Crippen LogP contribution in [0.3, 0.4) is 0 Å². The molecule has 4 heterocycles. The number of carbonyl (C=O) groups excluding carboxylic acids is 1. The molecule has 0 bridgehead atoms. The average Bonchev–Trinajstić information content (AvgIpc) is 3.29. The van der Waals surface area contributed by atoms with Gasteiger partial charge in [-0.25, -0.2) is 9.50 Å². The molecule has 4 aromatic rings. The van der Waals surface area contributed by atoms with Gasteiger partial charge in [0.15, 0.2) is 5.65 Å². The van der Waals surface area contributed by atoms with E-state index < -0.39 is 0 Å². The Labute approximate surface area is 179 Å². The summed E-state index contributed by atoms with van der Waals surface area (Å²) in [6, 6.07) is 13.5. The van der Waals surface area contributed by atoms with Gasteiger partial charge in [0.25, 0.3) is 5.56 Å². The maximum atomic E-state index is 12.9. The van der Waals surface area contributed by atoms with Crippen molar-refractivity contribution in [2.75, 3.05) is 6.54 Å². The maximum Gasteiger partial charge on any atom is 0.272 e. The molecule has 1 aromatic carbocycles. The van der Waals surface area contributed by atoms with Crippen molar-refractivity contribution < 1.29 is 4.79 Å². The van der Waals surface area contributed by atoms with Crippen LogP contribution in [0.1, 0.15) is 34.7 Å². The van der Waals surface area contributed by atoms with E-state index in [0.717, 1.165) is 27.9 Å². The van der Waals surface area contributed by atoms with E-state index in [9.17, 15) is 9.59 Å². The van der Waals surface area contributed by atoms with Crippen molar-refractivity contribution in [2.45, 2.75) is 32.7 Å². The number of nitrogens with zero attached hydrogens (tertiary/aromatic N) is 4. The Bertz CT molecular complexity index is 1340. The molecule has 3 aromatic heterocycles. The number of aromatic amines is 1. The van der Waals surface area contributed by atoms with Gasteiger partial charge < -0.3 is 4.90 Å². The maximum absolute atomic E-state index is 12.9. The number of hydrogen-bond acceptors (Lipinski definition) is 4. The average molecular weight is 413 g/mol. The molecule has 1 aliphatic heterocycles. The number of likely N-dealkylation sites (tertiary alicyclic amines) is 1. The fraction of sp³-hybridized carbons (Fsp3) is 0.250. The zero-order valence-corrected chi connectivity index (χ0v) is 17.5. The summed E-state index contributed by atoms with van der Waals surface area (Å²) < 4.78 is 1.49. The lowest BCUT2D eigenvalue weighted by atomic mass is 10.0. The quantitative estimate of drug-likeness (QED) is 0.557. The van der Waals surface area contributed by atoms with Crippen LogP contribution in [0, 0.1) is 13.8 Å². The summed E-state index contributed by atoms with van der Waals surface area (Å²) >= 11 is 0. The highest BCUT2D eigenvalue weighted by Gasteiger charge is 2.32. The van der Waals surface area contributed by atoms with E-state index >= 15 is 0 Å². The van der Waals surface area contributed by atoms with Crippen molar-refractivity contribution in [3.05, 3.63) is 87.6 Å². The second kappa shape index (κ2) is 7.50. The summed E-state index contributed by atoms with van der Waals surface area (Å²) in [5.74, 6) is -0.0150. The third-order valence-electron chi connectivity index (χ3n) is 5.93. The van der Waals surface area contributed by atoms with Gasteiger partial charge in [0.05, 0.1) is 11.4 Å². The van der Waals surface area contributed by atoms with Crippen LogP contribution in [0.4, 0.5) is 0 Å². The van der Waals surface area contributed by atoms with Crippen LogP contribution in [0.5, 0.6) is 0 Å². The van der Waals surface area contributed by atoms with Crippen molar-refractivity contribution >= 4 is 11.6 Å². The van der Waals surface area contributed by atoms with E-state index in [1.807, 2.05) is 49.1 Å². The van der Waals surface area contributed by atoms with Gasteiger partial charge in [-0.1, -0.05) is 23.8 Å². The Hall–Kier alpha value is -3.74. The van der Waals surface area contributed by atoms with Crippen LogP contribution >= 0.6 is 0 Å². The largest absolute Gasteiger partial charge is 0.338 e. The molecule has 1 atom stereocenters. The summed E-state index contributed by atoms with van der Waals surface area (Å²) in [6.45, 7) is 5.10. The van der Waals surface area contributed by atoms with Crippen LogP contribution in [-0.2, 0) is 11.3 Å². The van der Waals surface area contributed by atoms with E-state index in [1.54, 1.807) is 18.5 Å². The summed E-state index contributed by atoms with van der Waals surface area (Å²) in [7, 11) is 0. The van der Waals surface area contributed by atoms with Gasteiger partial charge in [0.1, 0.15) is 0 Å². The zero-order valence-electron chi connectivity index (χ0n) is 17.5. The molecule has 7 heteroatoms. The second-order valence-electron chi connectivity index (χ2n) is 8.19. The summed E-state index contributed by atoms with van der Waals surface area (Å²) in [5.41, 5.74) is 6.12. The topological polar surface area (TPSA) is 83.4 Å². The fourth-order valence-corrected chi connectivity index (χ4v) is 4.29. The third kappa shape index (κ3) is 3.52. The molecular formula is C24H23N5O2. The first kappa shape index (κ1) is 19.2. The Balaban J connectivity index is 1.48. The number of fused-ring (bicyclic) bond motifs is 1. The minimum Gasteiger partial charge on any atom is -0.338 e. The number of pyridine rings is 1. The molecule has 156 valence electrons. The first-order valence-corrected chi connectivity index (χ1v) is 10.4. The standard InChI is InChI=1S/C24H23N5O2/c1-15-4-3-5-18(10-15)23-16(2)24-26-20(12-22(31)29(24)27-23)19-11-21(30)28(14-19)13-17-6-8-25-9-7-17/h3-10,12,19,27H,11,13-14H2,1-2H3/t19-/m1/s1. The van der Waals surface area contributed by atoms with Crippen molar-refractivity contribution in [1.82, 2.24) is 24.5 Å². The molecule has 0 radical (unpaired) electrons. The van der Waals surface area contributed by atoms with E-state index in [-0.39, 0.29) is 17.4 Å². The first-order chi connectivity index (χ1) is 15.0. The number of H-pyrrole nitrogens is 1. The van der Waals surface area contributed by atoms with Crippen molar-refractivity contribution in [2.24, 2.45) is 0 Å². The van der Waals surface area contributed by atoms with Crippen molar-refractivity contribution in [3.63, 3.8) is 0 Å². The molecule has 0 saturated carbocycles. The van der Waals surface area contributed by atoms with Gasteiger partial charge in [-0.05, 0) is 37.6 Å². The highest BCUT2D eigenvalue weighted by molar-refractivity contribution is 5.79. The zero-order chi connectivity index (χ0) is 21.5. The molecule has 0 spiro atoms. The first-order valence-electron chi connectivity index (χ1n) is 10.4. The Morgan fingerprint density at radius 1 is 1.10 bits per heavy atom. The van der Waals surface area contributed by atoms with Gasteiger partial charge in [-0.3, -0.25) is 19.7 Å². The van der Waals surface area contributed by atoms with Gasteiger partial charge >= 0.3 is 0 Å². The van der Waals surface area contributed by atoms with Crippen LogP contribution < -0.4 is 5.56 Å². The fourth-order valence-electron chi connectivity index (χ4n) is 4.29. The van der Waals surface area contributed by atoms with E-state index in [0.29, 0.717) is 30.9 Å². The molecule has 1 fully saturated rings. The molecule has 1 saturated heterocycles. The molecular weight excluding hydrogens is 390 g/mol. The van der Waals surface area contributed by atoms with Gasteiger partial charge in [-0.2, -0.15) is 0 Å². The summed E-state index contributed by atoms with van der Waals surface area (Å²) in [6.07, 6.45) is 3.82. The number of nitrogens with one attached hydrogen (secondary N) is 1. The second-order valence-corrected chi connectivity index (χ2v) is 8.19. The normalized spacial score (nSPS) is 16.4. The van der Waals surface area contributed by atoms with Crippen LogP contribution in [0.25, 0.3) is 16.9 Å². The highest BCUT2D eigenvalue weighted by atomic mass is 16.2. The van der Waals surface area contributed by atoms with E-state index in [1.165, 1.54) is 4.52 Å². The predicted octanol–water partition coefficient (Wildman–Crippen LogP) is 3.22. The van der Waals surface area contributed by atoms with Gasteiger partial charge in [0, 0.05) is 55.0 Å². The minimum absolute atomic E-state index is 0.0788. The van der Waals surface area contributed by atoms with Crippen LogP contribution in [-0.4, -0.2) is 36.9 Å². The number of benzene rings is 1. The van der Waals surface area contributed by atoms with Crippen molar-refractivity contribution in [1.29, 1.82) is 0 Å². The van der Waals surface area contributed by atoms with Gasteiger partial charge in [0.2, 0.25) is 5.91 Å². The van der Waals surface area contributed by atoms with Crippen LogP contribution in [0.15, 0.2) is 59.7 Å². The predicted molar refractivity (Wildman–Crippen MR) is 118 cm³/mol. The molecule has 0 aliphatic carbocycles. The smallest absolute Gasteiger partial charge is 0.272 e. The summed E-state index contributed by atoms with van der Waals surface area (Å²) in [5, 5.41) is 3.20. The SMILES string of the molecule is Cc1cccc(-c2[nH]n3c(=O)cc([C@@H]4CC(=O)N(Cc5ccncc5)C4)nc3c2C)c1. The number of aryl methyl sites for hydroxylation is 2. The Morgan fingerprint density at radius 2 is 1.90 bits per heavy atom. The lowest BCUT2D eigenvalue weighted by Gasteiger charge is -2.16.